The molecular weight excluding hydrogens is 466 g/mol. The number of carbonyl (C=O) groups excluding carboxylic acids is 3. The molecule has 4 amide bonds. The van der Waals surface area contributed by atoms with Crippen LogP contribution in [0.3, 0.4) is 0 Å². The van der Waals surface area contributed by atoms with Gasteiger partial charge in [-0.3, -0.25) is 9.59 Å². The number of imide groups is 1. The zero-order valence-electron chi connectivity index (χ0n) is 19.1. The van der Waals surface area contributed by atoms with Crippen LogP contribution in [0.5, 0.6) is 5.75 Å². The van der Waals surface area contributed by atoms with E-state index in [9.17, 15) is 14.4 Å². The van der Waals surface area contributed by atoms with Gasteiger partial charge < -0.3 is 15.4 Å². The van der Waals surface area contributed by atoms with Crippen LogP contribution in [0, 0.1) is 0 Å². The first kappa shape index (κ1) is 24.0. The minimum absolute atomic E-state index is 0.0607. The molecule has 8 heteroatoms. The molecule has 1 aliphatic rings. The molecule has 4 rings (SSSR count). The second-order valence-corrected chi connectivity index (χ2v) is 8.26. The Morgan fingerprint density at radius 3 is 2.46 bits per heavy atom. The summed E-state index contributed by atoms with van der Waals surface area (Å²) >= 11 is 6.21. The van der Waals surface area contributed by atoms with Gasteiger partial charge in [0.2, 0.25) is 5.91 Å². The Labute approximate surface area is 208 Å². The third-order valence-electron chi connectivity index (χ3n) is 5.50. The van der Waals surface area contributed by atoms with Crippen molar-refractivity contribution in [1.29, 1.82) is 0 Å². The molecule has 0 bridgehead atoms. The Kier molecular flexibility index (Phi) is 7.48. The molecule has 35 heavy (non-hydrogen) atoms. The molecule has 1 fully saturated rings. The maximum absolute atomic E-state index is 12.9. The Bertz CT molecular complexity index is 1300. The highest BCUT2D eigenvalue weighted by Crippen LogP contribution is 2.25. The number of ether oxygens (including phenoxy) is 1. The zero-order valence-corrected chi connectivity index (χ0v) is 19.8. The Hall–Kier alpha value is -4.10. The number of nitrogens with one attached hydrogen (secondary N) is 2. The van der Waals surface area contributed by atoms with Crippen LogP contribution in [-0.4, -0.2) is 29.3 Å². The summed E-state index contributed by atoms with van der Waals surface area (Å²) in [6.07, 6.45) is 2.27. The number of urea groups is 1. The van der Waals surface area contributed by atoms with E-state index in [2.05, 4.69) is 10.6 Å². The van der Waals surface area contributed by atoms with Crippen LogP contribution in [0.15, 0.2) is 78.5 Å². The van der Waals surface area contributed by atoms with Crippen LogP contribution in [0.2, 0.25) is 5.02 Å². The summed E-state index contributed by atoms with van der Waals surface area (Å²) in [5.41, 5.74) is 3.11. The quantitative estimate of drug-likeness (QED) is 0.344. The van der Waals surface area contributed by atoms with Gasteiger partial charge in [0.05, 0.1) is 0 Å². The maximum Gasteiger partial charge on any atom is 0.329 e. The summed E-state index contributed by atoms with van der Waals surface area (Å²) < 4.78 is 5.93. The lowest BCUT2D eigenvalue weighted by Gasteiger charge is -2.13. The standard InChI is InChI=1S/C27H24ClN3O4/c1-2-18-9-4-7-13-22(18)29-25(32)16-31-26(33)23(30-27(31)34)15-19-10-5-8-14-24(19)35-17-20-11-3-6-12-21(20)28/h3-15H,2,16-17H2,1H3,(H,29,32)(H,30,34)/b23-15+. The third kappa shape index (κ3) is 5.70. The van der Waals surface area contributed by atoms with Gasteiger partial charge in [-0.2, -0.15) is 0 Å². The predicted octanol–water partition coefficient (Wildman–Crippen LogP) is 5.01. The lowest BCUT2D eigenvalue weighted by molar-refractivity contribution is -0.127. The van der Waals surface area contributed by atoms with Crippen LogP contribution >= 0.6 is 11.6 Å². The van der Waals surface area contributed by atoms with E-state index >= 15 is 0 Å². The van der Waals surface area contributed by atoms with E-state index < -0.39 is 24.4 Å². The van der Waals surface area contributed by atoms with Crippen molar-refractivity contribution in [2.75, 3.05) is 11.9 Å². The Balaban J connectivity index is 1.46. The molecule has 3 aromatic carbocycles. The third-order valence-corrected chi connectivity index (χ3v) is 5.86. The molecule has 0 radical (unpaired) electrons. The Morgan fingerprint density at radius 2 is 1.69 bits per heavy atom. The van der Waals surface area contributed by atoms with Crippen molar-refractivity contribution >= 4 is 41.2 Å². The molecule has 0 unspecified atom stereocenters. The first-order valence-corrected chi connectivity index (χ1v) is 11.5. The SMILES string of the molecule is CCc1ccccc1NC(=O)CN1C(=O)N/C(=C/c2ccccc2OCc2ccccc2Cl)C1=O. The average molecular weight is 490 g/mol. The van der Waals surface area contributed by atoms with Crippen LogP contribution in [0.25, 0.3) is 6.08 Å². The summed E-state index contributed by atoms with van der Waals surface area (Å²) in [5, 5.41) is 5.92. The molecule has 3 aromatic rings. The number of aryl methyl sites for hydroxylation is 1. The fraction of sp³-hybridized carbons (Fsp3) is 0.148. The van der Waals surface area contributed by atoms with Gasteiger partial charge in [0.15, 0.2) is 0 Å². The molecule has 1 aliphatic heterocycles. The summed E-state index contributed by atoms with van der Waals surface area (Å²) in [4.78, 5) is 38.8. The highest BCUT2D eigenvalue weighted by Gasteiger charge is 2.35. The van der Waals surface area contributed by atoms with E-state index in [1.165, 1.54) is 6.08 Å². The second kappa shape index (κ2) is 10.9. The normalized spacial score (nSPS) is 14.2. The van der Waals surface area contributed by atoms with E-state index in [1.807, 2.05) is 49.4 Å². The largest absolute Gasteiger partial charge is 0.488 e. The van der Waals surface area contributed by atoms with Crippen molar-refractivity contribution in [2.45, 2.75) is 20.0 Å². The number of nitrogens with zero attached hydrogens (tertiary/aromatic N) is 1. The number of rotatable bonds is 8. The number of carbonyl (C=O) groups is 3. The summed E-state index contributed by atoms with van der Waals surface area (Å²) in [6, 6.07) is 21.2. The van der Waals surface area contributed by atoms with Gasteiger partial charge in [-0.25, -0.2) is 9.69 Å². The molecule has 0 aliphatic carbocycles. The van der Waals surface area contributed by atoms with Crippen LogP contribution in [0.4, 0.5) is 10.5 Å². The molecule has 1 heterocycles. The summed E-state index contributed by atoms with van der Waals surface area (Å²) in [6.45, 7) is 1.83. The van der Waals surface area contributed by atoms with Crippen LogP contribution < -0.4 is 15.4 Å². The lowest BCUT2D eigenvalue weighted by atomic mass is 10.1. The monoisotopic (exact) mass is 489 g/mol. The van der Waals surface area contributed by atoms with Crippen LogP contribution in [-0.2, 0) is 22.6 Å². The minimum Gasteiger partial charge on any atom is -0.488 e. The first-order chi connectivity index (χ1) is 17.0. The van der Waals surface area contributed by atoms with E-state index in [0.717, 1.165) is 22.4 Å². The highest BCUT2D eigenvalue weighted by atomic mass is 35.5. The molecule has 0 spiro atoms. The van der Waals surface area contributed by atoms with Crippen molar-refractivity contribution in [3.05, 3.63) is 100 Å². The molecule has 178 valence electrons. The van der Waals surface area contributed by atoms with E-state index in [-0.39, 0.29) is 12.3 Å². The van der Waals surface area contributed by atoms with Crippen molar-refractivity contribution in [1.82, 2.24) is 10.2 Å². The van der Waals surface area contributed by atoms with Gasteiger partial charge in [-0.05, 0) is 36.3 Å². The van der Waals surface area contributed by atoms with E-state index in [0.29, 0.717) is 22.0 Å². The lowest BCUT2D eigenvalue weighted by Crippen LogP contribution is -2.38. The fourth-order valence-electron chi connectivity index (χ4n) is 3.66. The molecule has 0 saturated carbocycles. The molecular formula is C27H24ClN3O4. The topological polar surface area (TPSA) is 87.7 Å². The molecule has 0 aromatic heterocycles. The van der Waals surface area contributed by atoms with Crippen molar-refractivity contribution in [3.8, 4) is 5.75 Å². The maximum atomic E-state index is 12.9. The number of para-hydroxylation sites is 2. The number of benzene rings is 3. The number of hydrogen-bond acceptors (Lipinski definition) is 4. The number of anilines is 1. The number of hydrogen-bond donors (Lipinski definition) is 2. The zero-order chi connectivity index (χ0) is 24.8. The van der Waals surface area contributed by atoms with E-state index in [4.69, 9.17) is 16.3 Å². The van der Waals surface area contributed by atoms with Crippen LogP contribution in [0.1, 0.15) is 23.6 Å². The van der Waals surface area contributed by atoms with Gasteiger partial charge in [-0.15, -0.1) is 0 Å². The fourth-order valence-corrected chi connectivity index (χ4v) is 3.85. The second-order valence-electron chi connectivity index (χ2n) is 7.86. The molecule has 7 nitrogen and oxygen atoms in total. The highest BCUT2D eigenvalue weighted by molar-refractivity contribution is 6.31. The predicted molar refractivity (Wildman–Crippen MR) is 135 cm³/mol. The van der Waals surface area contributed by atoms with Gasteiger partial charge in [0.25, 0.3) is 5.91 Å². The van der Waals surface area contributed by atoms with E-state index in [1.54, 1.807) is 30.3 Å². The smallest absolute Gasteiger partial charge is 0.329 e. The molecule has 2 N–H and O–H groups in total. The number of halogens is 1. The van der Waals surface area contributed by atoms with Gasteiger partial charge in [0.1, 0.15) is 24.6 Å². The minimum atomic E-state index is -0.658. The van der Waals surface area contributed by atoms with Gasteiger partial charge >= 0.3 is 6.03 Å². The summed E-state index contributed by atoms with van der Waals surface area (Å²) in [7, 11) is 0. The van der Waals surface area contributed by atoms with Crippen molar-refractivity contribution in [2.24, 2.45) is 0 Å². The van der Waals surface area contributed by atoms with Crippen molar-refractivity contribution < 1.29 is 19.1 Å². The molecule has 0 atom stereocenters. The van der Waals surface area contributed by atoms with Gasteiger partial charge in [0, 0.05) is 21.8 Å². The molecule has 1 saturated heterocycles. The average Bonchev–Trinajstić information content (AvgIpc) is 3.12. The first-order valence-electron chi connectivity index (χ1n) is 11.1. The van der Waals surface area contributed by atoms with Gasteiger partial charge in [-0.1, -0.05) is 73.1 Å². The number of amides is 4. The summed E-state index contributed by atoms with van der Waals surface area (Å²) in [5.74, 6) is -0.525. The Morgan fingerprint density at radius 1 is 1.00 bits per heavy atom. The van der Waals surface area contributed by atoms with Crippen molar-refractivity contribution in [3.63, 3.8) is 0 Å².